The monoisotopic (exact) mass is 320 g/mol. The van der Waals surface area contributed by atoms with Crippen molar-refractivity contribution in [2.24, 2.45) is 0 Å². The van der Waals surface area contributed by atoms with Gasteiger partial charge in [0.05, 0.1) is 0 Å². The first-order valence-corrected chi connectivity index (χ1v) is 13.9. The van der Waals surface area contributed by atoms with E-state index in [1.807, 2.05) is 0 Å². The van der Waals surface area contributed by atoms with Crippen molar-refractivity contribution >= 4 is 17.1 Å². The van der Waals surface area contributed by atoms with Crippen LogP contribution >= 0.6 is 0 Å². The van der Waals surface area contributed by atoms with Gasteiger partial charge in [0.15, 0.2) is 0 Å². The van der Waals surface area contributed by atoms with Gasteiger partial charge in [-0.05, 0) is 39.0 Å². The SMILES string of the molecule is CCCCCCO[Si](C)(C)O[Si](C)(C)OCCCCC. The van der Waals surface area contributed by atoms with Gasteiger partial charge in [0.2, 0.25) is 0 Å². The summed E-state index contributed by atoms with van der Waals surface area (Å²) in [7, 11) is -4.06. The van der Waals surface area contributed by atoms with E-state index in [2.05, 4.69) is 40.0 Å². The van der Waals surface area contributed by atoms with Crippen LogP contribution in [-0.4, -0.2) is 30.3 Å². The summed E-state index contributed by atoms with van der Waals surface area (Å²) in [6, 6.07) is 0. The summed E-state index contributed by atoms with van der Waals surface area (Å²) in [6.45, 7) is 14.6. The third-order valence-electron chi connectivity index (χ3n) is 3.14. The van der Waals surface area contributed by atoms with E-state index in [-0.39, 0.29) is 0 Å². The topological polar surface area (TPSA) is 27.7 Å². The number of unbranched alkanes of at least 4 members (excludes halogenated alkanes) is 5. The fourth-order valence-electron chi connectivity index (χ4n) is 2.17. The second kappa shape index (κ2) is 11.0. The van der Waals surface area contributed by atoms with Crippen molar-refractivity contribution in [1.82, 2.24) is 0 Å². The molecule has 0 spiro atoms. The lowest BCUT2D eigenvalue weighted by atomic mass is 10.2. The van der Waals surface area contributed by atoms with Crippen LogP contribution in [0.25, 0.3) is 0 Å². The highest BCUT2D eigenvalue weighted by Crippen LogP contribution is 2.18. The molecule has 5 heteroatoms. The number of rotatable bonds is 13. The Morgan fingerprint density at radius 1 is 0.600 bits per heavy atom. The fourth-order valence-corrected chi connectivity index (χ4v) is 8.65. The van der Waals surface area contributed by atoms with Gasteiger partial charge >= 0.3 is 17.1 Å². The Hall–Kier alpha value is 0.314. The average Bonchev–Trinajstić information content (AvgIpc) is 2.33. The molecule has 20 heavy (non-hydrogen) atoms. The smallest absolute Gasteiger partial charge is 0.322 e. The van der Waals surface area contributed by atoms with Gasteiger partial charge in [-0.1, -0.05) is 46.0 Å². The second-order valence-corrected chi connectivity index (χ2v) is 13.4. The Labute approximate surface area is 128 Å². The van der Waals surface area contributed by atoms with E-state index >= 15 is 0 Å². The Balaban J connectivity index is 3.89. The van der Waals surface area contributed by atoms with Gasteiger partial charge in [0.1, 0.15) is 0 Å². The van der Waals surface area contributed by atoms with Crippen LogP contribution in [-0.2, 0) is 13.0 Å². The first-order valence-electron chi connectivity index (χ1n) is 8.31. The molecule has 0 heterocycles. The van der Waals surface area contributed by atoms with Crippen LogP contribution in [0.5, 0.6) is 0 Å². The summed E-state index contributed by atoms with van der Waals surface area (Å²) >= 11 is 0. The molecule has 0 fully saturated rings. The van der Waals surface area contributed by atoms with E-state index in [4.69, 9.17) is 13.0 Å². The predicted octanol–water partition coefficient (Wildman–Crippen LogP) is 5.21. The van der Waals surface area contributed by atoms with E-state index in [9.17, 15) is 0 Å². The maximum atomic E-state index is 6.25. The van der Waals surface area contributed by atoms with E-state index in [1.54, 1.807) is 0 Å². The van der Waals surface area contributed by atoms with Gasteiger partial charge in [-0.25, -0.2) is 0 Å². The maximum Gasteiger partial charge on any atom is 0.322 e. The molecule has 0 aliphatic heterocycles. The summed E-state index contributed by atoms with van der Waals surface area (Å²) in [5.41, 5.74) is 0. The zero-order valence-corrected chi connectivity index (χ0v) is 16.6. The highest BCUT2D eigenvalue weighted by atomic mass is 28.5. The zero-order valence-electron chi connectivity index (χ0n) is 14.6. The first-order chi connectivity index (χ1) is 9.33. The van der Waals surface area contributed by atoms with E-state index in [0.717, 1.165) is 26.1 Å². The lowest BCUT2D eigenvalue weighted by Crippen LogP contribution is -2.48. The van der Waals surface area contributed by atoms with E-state index in [0.29, 0.717) is 0 Å². The third-order valence-corrected chi connectivity index (χ3v) is 8.87. The highest BCUT2D eigenvalue weighted by molar-refractivity contribution is 6.78. The minimum absolute atomic E-state index is 0.827. The van der Waals surface area contributed by atoms with Gasteiger partial charge < -0.3 is 13.0 Å². The molecule has 122 valence electrons. The van der Waals surface area contributed by atoms with Gasteiger partial charge in [-0.2, -0.15) is 0 Å². The van der Waals surface area contributed by atoms with Gasteiger partial charge in [-0.15, -0.1) is 0 Å². The molecule has 0 saturated heterocycles. The van der Waals surface area contributed by atoms with Gasteiger partial charge in [-0.3, -0.25) is 0 Å². The van der Waals surface area contributed by atoms with Crippen LogP contribution < -0.4 is 0 Å². The fraction of sp³-hybridized carbons (Fsp3) is 1.00. The standard InChI is InChI=1S/C15H36O3Si2/c1-7-9-11-13-15-17-20(5,6)18-19(3,4)16-14-12-10-8-2/h7-15H2,1-6H3. The third kappa shape index (κ3) is 12.1. The van der Waals surface area contributed by atoms with Crippen molar-refractivity contribution in [1.29, 1.82) is 0 Å². The Morgan fingerprint density at radius 3 is 1.45 bits per heavy atom. The molecule has 0 aliphatic rings. The summed E-state index contributed by atoms with van der Waals surface area (Å²) in [5, 5.41) is 0. The molecular formula is C15H36O3Si2. The van der Waals surface area contributed by atoms with Crippen LogP contribution in [0.4, 0.5) is 0 Å². The quantitative estimate of drug-likeness (QED) is 0.344. The molecule has 0 saturated carbocycles. The largest absolute Gasteiger partial charge is 0.415 e. The van der Waals surface area contributed by atoms with Crippen molar-refractivity contribution in [2.75, 3.05) is 13.2 Å². The summed E-state index contributed by atoms with van der Waals surface area (Å²) in [6.07, 6.45) is 8.57. The predicted molar refractivity (Wildman–Crippen MR) is 91.6 cm³/mol. The molecule has 0 N–H and O–H groups in total. The van der Waals surface area contributed by atoms with Crippen molar-refractivity contribution in [3.63, 3.8) is 0 Å². The highest BCUT2D eigenvalue weighted by Gasteiger charge is 2.36. The van der Waals surface area contributed by atoms with Gasteiger partial charge in [0, 0.05) is 13.2 Å². The Bertz CT molecular complexity index is 233. The molecular weight excluding hydrogens is 284 g/mol. The lowest BCUT2D eigenvalue weighted by molar-refractivity contribution is 0.190. The maximum absolute atomic E-state index is 6.25. The molecule has 0 atom stereocenters. The van der Waals surface area contributed by atoms with E-state index in [1.165, 1.54) is 32.1 Å². The molecule has 0 amide bonds. The average molecular weight is 321 g/mol. The van der Waals surface area contributed by atoms with Crippen LogP contribution in [0.15, 0.2) is 0 Å². The minimum Gasteiger partial charge on any atom is -0.415 e. The molecule has 0 aromatic heterocycles. The van der Waals surface area contributed by atoms with Crippen molar-refractivity contribution < 1.29 is 13.0 Å². The molecule has 0 radical (unpaired) electrons. The van der Waals surface area contributed by atoms with Crippen molar-refractivity contribution in [3.05, 3.63) is 0 Å². The van der Waals surface area contributed by atoms with Gasteiger partial charge in [0.25, 0.3) is 0 Å². The first kappa shape index (κ1) is 20.3. The Morgan fingerprint density at radius 2 is 1.00 bits per heavy atom. The van der Waals surface area contributed by atoms with E-state index < -0.39 is 17.1 Å². The van der Waals surface area contributed by atoms with Crippen molar-refractivity contribution in [2.45, 2.75) is 85.0 Å². The van der Waals surface area contributed by atoms with Crippen LogP contribution in [0.2, 0.25) is 26.2 Å². The summed E-state index contributed by atoms with van der Waals surface area (Å²) in [4.78, 5) is 0. The Kier molecular flexibility index (Phi) is 11.1. The normalized spacial score (nSPS) is 12.9. The molecule has 0 rings (SSSR count). The lowest BCUT2D eigenvalue weighted by Gasteiger charge is -2.32. The molecule has 0 aromatic carbocycles. The second-order valence-electron chi connectivity index (χ2n) is 6.37. The number of hydrogen-bond donors (Lipinski definition) is 0. The molecule has 0 aliphatic carbocycles. The van der Waals surface area contributed by atoms with Crippen LogP contribution in [0, 0.1) is 0 Å². The summed E-state index contributed by atoms with van der Waals surface area (Å²) < 4.78 is 18.2. The molecule has 0 aromatic rings. The van der Waals surface area contributed by atoms with Crippen molar-refractivity contribution in [3.8, 4) is 0 Å². The molecule has 0 bridgehead atoms. The summed E-state index contributed by atoms with van der Waals surface area (Å²) in [5.74, 6) is 0. The van der Waals surface area contributed by atoms with Crippen LogP contribution in [0.1, 0.15) is 58.8 Å². The minimum atomic E-state index is -2.03. The zero-order chi connectivity index (χ0) is 15.5. The number of hydrogen-bond acceptors (Lipinski definition) is 3. The molecule has 0 unspecified atom stereocenters. The molecule has 3 nitrogen and oxygen atoms in total. The van der Waals surface area contributed by atoms with Crippen LogP contribution in [0.3, 0.4) is 0 Å².